The molecule has 1 rings (SSSR count). The molecule has 0 aliphatic rings. The largest absolute Gasteiger partial charge is 0.479 e. The van der Waals surface area contributed by atoms with Crippen LogP contribution in [0.3, 0.4) is 0 Å². The van der Waals surface area contributed by atoms with Crippen LogP contribution in [0.5, 0.6) is 0 Å². The van der Waals surface area contributed by atoms with Crippen LogP contribution in [0.1, 0.15) is 19.4 Å². The first-order valence-corrected chi connectivity index (χ1v) is 8.29. The van der Waals surface area contributed by atoms with Crippen LogP contribution in [0.25, 0.3) is 0 Å². The lowest BCUT2D eigenvalue weighted by molar-refractivity contribution is -0.142. The third-order valence-corrected chi connectivity index (χ3v) is 4.70. The predicted molar refractivity (Wildman–Crippen MR) is 94.7 cm³/mol. The number of rotatable bonds is 7. The number of amides is 1. The Morgan fingerprint density at radius 1 is 1.36 bits per heavy atom. The number of anilines is 1. The fraction of sp³-hybridized carbons (Fsp3) is 0.467. The van der Waals surface area contributed by atoms with Gasteiger partial charge >= 0.3 is 5.97 Å². The van der Waals surface area contributed by atoms with Crippen molar-refractivity contribution < 1.29 is 14.7 Å². The van der Waals surface area contributed by atoms with E-state index in [2.05, 4.69) is 17.9 Å². The number of carboxylic acids is 1. The molecule has 0 aliphatic carbocycles. The number of thioether (sulfide) groups is 1. The lowest BCUT2D eigenvalue weighted by atomic mass is 10.2. The number of carbonyl (C=O) groups excluding carboxylic acids is 1. The average molecular weight is 342 g/mol. The molecule has 0 fully saturated rings. The Kier molecular flexibility index (Phi) is 6.62. The Balaban J connectivity index is 2.75. The first-order valence-electron chi connectivity index (χ1n) is 6.79. The zero-order valence-electron chi connectivity index (χ0n) is 13.2. The van der Waals surface area contributed by atoms with Gasteiger partial charge in [0.1, 0.15) is 0 Å². The van der Waals surface area contributed by atoms with Crippen LogP contribution in [-0.4, -0.2) is 41.2 Å². The van der Waals surface area contributed by atoms with Crippen molar-refractivity contribution in [1.82, 2.24) is 5.32 Å². The van der Waals surface area contributed by atoms with Crippen molar-refractivity contribution in [3.8, 4) is 0 Å². The summed E-state index contributed by atoms with van der Waals surface area (Å²) in [5.41, 5.74) is 2.07. The monoisotopic (exact) mass is 342 g/mol. The number of hydrogen-bond donors (Lipinski definition) is 3. The van der Waals surface area contributed by atoms with Gasteiger partial charge in [0.15, 0.2) is 4.87 Å². The SMILES string of the molecule is CC(S)C(=O)N[C@@](C)(SCc1ccc(N(C)C)cc1)C(=O)O. The molecule has 7 heteroatoms. The van der Waals surface area contributed by atoms with E-state index in [9.17, 15) is 14.7 Å². The summed E-state index contributed by atoms with van der Waals surface area (Å²) >= 11 is 5.19. The van der Waals surface area contributed by atoms with Crippen molar-refractivity contribution in [2.45, 2.75) is 29.7 Å². The minimum absolute atomic E-state index is 0.399. The Morgan fingerprint density at radius 2 is 1.91 bits per heavy atom. The summed E-state index contributed by atoms with van der Waals surface area (Å²) in [6.07, 6.45) is 0. The average Bonchev–Trinajstić information content (AvgIpc) is 2.45. The van der Waals surface area contributed by atoms with E-state index in [4.69, 9.17) is 0 Å². The highest BCUT2D eigenvalue weighted by molar-refractivity contribution is 8.00. The van der Waals surface area contributed by atoms with Crippen molar-refractivity contribution in [3.63, 3.8) is 0 Å². The third-order valence-electron chi connectivity index (χ3n) is 3.13. The maximum absolute atomic E-state index is 11.7. The number of carbonyl (C=O) groups is 2. The minimum Gasteiger partial charge on any atom is -0.479 e. The lowest BCUT2D eigenvalue weighted by Gasteiger charge is -2.26. The molecule has 1 amide bonds. The Morgan fingerprint density at radius 3 is 2.32 bits per heavy atom. The number of aliphatic carboxylic acids is 1. The van der Waals surface area contributed by atoms with Crippen molar-refractivity contribution in [2.75, 3.05) is 19.0 Å². The molecule has 22 heavy (non-hydrogen) atoms. The zero-order chi connectivity index (χ0) is 16.9. The molecule has 122 valence electrons. The molecule has 0 saturated heterocycles. The van der Waals surface area contributed by atoms with Gasteiger partial charge < -0.3 is 15.3 Å². The Labute approximate surface area is 140 Å². The molecule has 0 spiro atoms. The molecule has 0 aromatic heterocycles. The first-order chi connectivity index (χ1) is 10.2. The van der Waals surface area contributed by atoms with Crippen molar-refractivity contribution in [2.24, 2.45) is 0 Å². The molecule has 5 nitrogen and oxygen atoms in total. The van der Waals surface area contributed by atoms with E-state index in [1.807, 2.05) is 43.3 Å². The molecule has 1 aromatic rings. The molecular weight excluding hydrogens is 320 g/mol. The van der Waals surface area contributed by atoms with E-state index in [-0.39, 0.29) is 0 Å². The summed E-state index contributed by atoms with van der Waals surface area (Å²) in [4.78, 5) is 23.8. The van der Waals surface area contributed by atoms with Crippen molar-refractivity contribution >= 4 is 42.0 Å². The molecule has 0 radical (unpaired) electrons. The van der Waals surface area contributed by atoms with E-state index in [0.717, 1.165) is 11.3 Å². The fourth-order valence-corrected chi connectivity index (χ4v) is 2.62. The third kappa shape index (κ3) is 5.14. The van der Waals surface area contributed by atoms with Crippen LogP contribution < -0.4 is 10.2 Å². The van der Waals surface area contributed by atoms with Crippen LogP contribution in [0.4, 0.5) is 5.69 Å². The quantitative estimate of drug-likeness (QED) is 0.524. The minimum atomic E-state index is -1.38. The second kappa shape index (κ2) is 7.78. The second-order valence-electron chi connectivity index (χ2n) is 5.35. The van der Waals surface area contributed by atoms with Gasteiger partial charge in [0.05, 0.1) is 5.25 Å². The van der Waals surface area contributed by atoms with Gasteiger partial charge in [0.25, 0.3) is 0 Å². The molecule has 0 saturated carbocycles. The highest BCUT2D eigenvalue weighted by Gasteiger charge is 2.36. The fourth-order valence-electron chi connectivity index (χ4n) is 1.61. The number of thiol groups is 1. The van der Waals surface area contributed by atoms with E-state index >= 15 is 0 Å². The number of benzene rings is 1. The van der Waals surface area contributed by atoms with Gasteiger partial charge in [-0.05, 0) is 31.5 Å². The van der Waals surface area contributed by atoms with E-state index in [1.54, 1.807) is 6.92 Å². The van der Waals surface area contributed by atoms with Crippen molar-refractivity contribution in [1.29, 1.82) is 0 Å². The predicted octanol–water partition coefficient (Wildman–Crippen LogP) is 2.22. The maximum Gasteiger partial charge on any atom is 0.339 e. The van der Waals surface area contributed by atoms with Gasteiger partial charge in [-0.2, -0.15) is 12.6 Å². The van der Waals surface area contributed by atoms with E-state index in [1.165, 1.54) is 18.7 Å². The van der Waals surface area contributed by atoms with Crippen LogP contribution in [0, 0.1) is 0 Å². The summed E-state index contributed by atoms with van der Waals surface area (Å²) in [5.74, 6) is -0.994. The van der Waals surface area contributed by atoms with Gasteiger partial charge in [-0.3, -0.25) is 4.79 Å². The molecule has 0 aliphatic heterocycles. The number of nitrogens with zero attached hydrogens (tertiary/aromatic N) is 1. The smallest absolute Gasteiger partial charge is 0.339 e. The molecule has 1 aromatic carbocycles. The number of carboxylic acid groups (broad SMARTS) is 1. The highest BCUT2D eigenvalue weighted by Crippen LogP contribution is 2.27. The topological polar surface area (TPSA) is 69.6 Å². The van der Waals surface area contributed by atoms with Gasteiger partial charge in [0.2, 0.25) is 5.91 Å². The maximum atomic E-state index is 11.7. The standard InChI is InChI=1S/C15H22N2O3S2/c1-10(21)13(18)16-15(2,14(19)20)22-9-11-5-7-12(8-6-11)17(3)4/h5-8,10,21H,9H2,1-4H3,(H,16,18)(H,19,20)/t10?,15-/m0/s1. The van der Waals surface area contributed by atoms with Crippen molar-refractivity contribution in [3.05, 3.63) is 29.8 Å². The van der Waals surface area contributed by atoms with Gasteiger partial charge in [0, 0.05) is 25.5 Å². The summed E-state index contributed by atoms with van der Waals surface area (Å²) in [6.45, 7) is 3.09. The molecule has 2 atom stereocenters. The molecule has 1 unspecified atom stereocenters. The van der Waals surface area contributed by atoms with Gasteiger partial charge in [-0.15, -0.1) is 11.8 Å². The van der Waals surface area contributed by atoms with E-state index in [0.29, 0.717) is 5.75 Å². The summed E-state index contributed by atoms with van der Waals surface area (Å²) in [6, 6.07) is 7.85. The van der Waals surface area contributed by atoms with Crippen LogP contribution in [0.2, 0.25) is 0 Å². The normalized spacial score (nSPS) is 14.8. The van der Waals surface area contributed by atoms with E-state index < -0.39 is 22.0 Å². The zero-order valence-corrected chi connectivity index (χ0v) is 14.9. The molecular formula is C15H22N2O3S2. The highest BCUT2D eigenvalue weighted by atomic mass is 32.2. The van der Waals surface area contributed by atoms with Crippen LogP contribution in [-0.2, 0) is 15.3 Å². The van der Waals surface area contributed by atoms with Gasteiger partial charge in [-0.25, -0.2) is 4.79 Å². The molecule has 0 heterocycles. The molecule has 0 bridgehead atoms. The number of nitrogens with one attached hydrogen (secondary N) is 1. The van der Waals surface area contributed by atoms with Gasteiger partial charge in [-0.1, -0.05) is 12.1 Å². The molecule has 2 N–H and O–H groups in total. The Hall–Kier alpha value is -1.34. The lowest BCUT2D eigenvalue weighted by Crippen LogP contribution is -2.51. The van der Waals surface area contributed by atoms with Crippen LogP contribution in [0.15, 0.2) is 24.3 Å². The number of hydrogen-bond acceptors (Lipinski definition) is 5. The summed E-state index contributed by atoms with van der Waals surface area (Å²) in [5, 5.41) is 11.4. The second-order valence-corrected chi connectivity index (χ2v) is 7.52. The Bertz CT molecular complexity index is 532. The summed E-state index contributed by atoms with van der Waals surface area (Å²) in [7, 11) is 3.92. The van der Waals surface area contributed by atoms with Crippen LogP contribution >= 0.6 is 24.4 Å². The first kappa shape index (κ1) is 18.7. The summed E-state index contributed by atoms with van der Waals surface area (Å²) < 4.78 is 0.